The van der Waals surface area contributed by atoms with Crippen LogP contribution in [0, 0.1) is 6.92 Å². The quantitative estimate of drug-likeness (QED) is 0.460. The highest BCUT2D eigenvalue weighted by atomic mass is 19.4. The SMILES string of the molecule is Cc1ccc(-c2ccc3nc(N)ncc3c2)cc1NC(=O)c1cccc(C(F)(F)F)c1. The maximum absolute atomic E-state index is 12.9. The van der Waals surface area contributed by atoms with Gasteiger partial charge in [-0.2, -0.15) is 13.2 Å². The molecule has 4 rings (SSSR count). The summed E-state index contributed by atoms with van der Waals surface area (Å²) in [7, 11) is 0. The topological polar surface area (TPSA) is 80.9 Å². The minimum Gasteiger partial charge on any atom is -0.368 e. The third kappa shape index (κ3) is 4.32. The molecule has 0 spiro atoms. The maximum Gasteiger partial charge on any atom is 0.416 e. The van der Waals surface area contributed by atoms with Crippen molar-refractivity contribution in [3.8, 4) is 11.1 Å². The van der Waals surface area contributed by atoms with E-state index >= 15 is 0 Å². The van der Waals surface area contributed by atoms with Gasteiger partial charge < -0.3 is 11.1 Å². The number of anilines is 2. The van der Waals surface area contributed by atoms with E-state index in [1.165, 1.54) is 12.1 Å². The Bertz CT molecular complexity index is 1300. The van der Waals surface area contributed by atoms with Gasteiger partial charge in [-0.25, -0.2) is 9.97 Å². The molecular formula is C23H17F3N4O. The number of aryl methyl sites for hydroxylation is 1. The van der Waals surface area contributed by atoms with Gasteiger partial charge in [-0.15, -0.1) is 0 Å². The number of nitrogens with one attached hydrogen (secondary N) is 1. The van der Waals surface area contributed by atoms with Gasteiger partial charge in [-0.05, 0) is 60.0 Å². The van der Waals surface area contributed by atoms with Crippen molar-refractivity contribution >= 4 is 28.4 Å². The number of aromatic nitrogens is 2. The number of benzene rings is 3. The number of rotatable bonds is 3. The lowest BCUT2D eigenvalue weighted by Gasteiger charge is -2.13. The largest absolute Gasteiger partial charge is 0.416 e. The summed E-state index contributed by atoms with van der Waals surface area (Å²) in [5, 5.41) is 3.52. The average Bonchev–Trinajstić information content (AvgIpc) is 2.74. The summed E-state index contributed by atoms with van der Waals surface area (Å²) >= 11 is 0. The maximum atomic E-state index is 12.9. The van der Waals surface area contributed by atoms with Crippen LogP contribution in [-0.2, 0) is 6.18 Å². The fourth-order valence-electron chi connectivity index (χ4n) is 3.19. The van der Waals surface area contributed by atoms with Crippen LogP contribution in [0.25, 0.3) is 22.0 Å². The summed E-state index contributed by atoms with van der Waals surface area (Å²) in [6.07, 6.45) is -2.89. The number of carbonyl (C=O) groups excluding carboxylic acids is 1. The number of hydrogen-bond acceptors (Lipinski definition) is 4. The molecule has 156 valence electrons. The third-order valence-corrected chi connectivity index (χ3v) is 4.87. The molecule has 1 amide bonds. The molecule has 1 heterocycles. The first-order chi connectivity index (χ1) is 14.7. The molecule has 4 aromatic rings. The second-order valence-corrected chi connectivity index (χ2v) is 7.06. The van der Waals surface area contributed by atoms with Gasteiger partial charge in [0.25, 0.3) is 5.91 Å². The number of nitrogen functional groups attached to an aromatic ring is 1. The molecule has 3 N–H and O–H groups in total. The molecule has 8 heteroatoms. The van der Waals surface area contributed by atoms with Gasteiger partial charge in [0.1, 0.15) is 0 Å². The van der Waals surface area contributed by atoms with Gasteiger partial charge in [-0.1, -0.05) is 24.3 Å². The van der Waals surface area contributed by atoms with Crippen molar-refractivity contribution in [3.05, 3.63) is 83.6 Å². The normalized spacial score (nSPS) is 11.5. The van der Waals surface area contributed by atoms with Crippen molar-refractivity contribution in [2.45, 2.75) is 13.1 Å². The number of nitrogens with two attached hydrogens (primary N) is 1. The van der Waals surface area contributed by atoms with Crippen LogP contribution in [0.15, 0.2) is 66.9 Å². The zero-order chi connectivity index (χ0) is 22.2. The van der Waals surface area contributed by atoms with Crippen LogP contribution in [0.1, 0.15) is 21.5 Å². The van der Waals surface area contributed by atoms with Crippen LogP contribution in [0.4, 0.5) is 24.8 Å². The fraction of sp³-hybridized carbons (Fsp3) is 0.0870. The monoisotopic (exact) mass is 422 g/mol. The van der Waals surface area contributed by atoms with Crippen LogP contribution in [0.2, 0.25) is 0 Å². The number of amides is 1. The minimum absolute atomic E-state index is 0.0694. The van der Waals surface area contributed by atoms with Crippen molar-refractivity contribution in [1.82, 2.24) is 9.97 Å². The summed E-state index contributed by atoms with van der Waals surface area (Å²) in [6, 6.07) is 15.4. The zero-order valence-corrected chi connectivity index (χ0v) is 16.4. The Morgan fingerprint density at radius 2 is 1.74 bits per heavy atom. The lowest BCUT2D eigenvalue weighted by atomic mass is 10.0. The number of fused-ring (bicyclic) bond motifs is 1. The number of halogens is 3. The molecule has 31 heavy (non-hydrogen) atoms. The summed E-state index contributed by atoms with van der Waals surface area (Å²) in [6.45, 7) is 1.81. The Morgan fingerprint density at radius 1 is 1.00 bits per heavy atom. The summed E-state index contributed by atoms with van der Waals surface area (Å²) < 4.78 is 38.8. The molecule has 0 saturated carbocycles. The smallest absolute Gasteiger partial charge is 0.368 e. The molecule has 0 bridgehead atoms. The van der Waals surface area contributed by atoms with Gasteiger partial charge in [-0.3, -0.25) is 4.79 Å². The minimum atomic E-state index is -4.52. The van der Waals surface area contributed by atoms with Crippen molar-refractivity contribution in [3.63, 3.8) is 0 Å². The van der Waals surface area contributed by atoms with E-state index in [0.29, 0.717) is 11.2 Å². The second kappa shape index (κ2) is 7.71. The van der Waals surface area contributed by atoms with Gasteiger partial charge in [0.15, 0.2) is 0 Å². The number of alkyl halides is 3. The highest BCUT2D eigenvalue weighted by Gasteiger charge is 2.30. The van der Waals surface area contributed by atoms with E-state index in [0.717, 1.165) is 34.2 Å². The lowest BCUT2D eigenvalue weighted by molar-refractivity contribution is -0.137. The number of carbonyl (C=O) groups is 1. The molecule has 0 unspecified atom stereocenters. The first-order valence-electron chi connectivity index (χ1n) is 9.32. The van der Waals surface area contributed by atoms with E-state index in [-0.39, 0.29) is 11.5 Å². The van der Waals surface area contributed by atoms with E-state index in [2.05, 4.69) is 15.3 Å². The Kier molecular flexibility index (Phi) is 5.06. The summed E-state index contributed by atoms with van der Waals surface area (Å²) in [5.41, 5.74) is 8.36. The highest BCUT2D eigenvalue weighted by Crippen LogP contribution is 2.31. The highest BCUT2D eigenvalue weighted by molar-refractivity contribution is 6.05. The Hall–Kier alpha value is -3.94. The van der Waals surface area contributed by atoms with Gasteiger partial charge in [0.2, 0.25) is 5.95 Å². The number of hydrogen-bond donors (Lipinski definition) is 2. The molecule has 0 aliphatic carbocycles. The van der Waals surface area contributed by atoms with E-state index in [4.69, 9.17) is 5.73 Å². The first kappa shape index (κ1) is 20.3. The van der Waals surface area contributed by atoms with E-state index in [1.807, 2.05) is 37.3 Å². The molecule has 0 saturated heterocycles. The predicted molar refractivity (Wildman–Crippen MR) is 114 cm³/mol. The van der Waals surface area contributed by atoms with Crippen molar-refractivity contribution in [2.75, 3.05) is 11.1 Å². The van der Waals surface area contributed by atoms with Gasteiger partial charge in [0.05, 0.1) is 11.1 Å². The van der Waals surface area contributed by atoms with Crippen LogP contribution in [0.5, 0.6) is 0 Å². The van der Waals surface area contributed by atoms with Crippen molar-refractivity contribution in [2.24, 2.45) is 0 Å². The first-order valence-corrected chi connectivity index (χ1v) is 9.32. The molecular weight excluding hydrogens is 405 g/mol. The van der Waals surface area contributed by atoms with Gasteiger partial charge in [0, 0.05) is 22.8 Å². The zero-order valence-electron chi connectivity index (χ0n) is 16.4. The average molecular weight is 422 g/mol. The van der Waals surface area contributed by atoms with E-state index in [9.17, 15) is 18.0 Å². The van der Waals surface area contributed by atoms with Gasteiger partial charge >= 0.3 is 6.18 Å². The standard InChI is InChI=1S/C23H17F3N4O/c1-13-5-6-15(14-7-8-19-17(9-14)12-28-22(27)30-19)11-20(13)29-21(31)16-3-2-4-18(10-16)23(24,25)26/h2-12H,1H3,(H,29,31)(H2,27,28,30). The van der Waals surface area contributed by atoms with E-state index in [1.54, 1.807) is 12.3 Å². The Morgan fingerprint density at radius 3 is 2.52 bits per heavy atom. The van der Waals surface area contributed by atoms with Crippen molar-refractivity contribution < 1.29 is 18.0 Å². The molecule has 0 fully saturated rings. The van der Waals surface area contributed by atoms with Crippen molar-refractivity contribution in [1.29, 1.82) is 0 Å². The molecule has 0 aliphatic heterocycles. The van der Waals surface area contributed by atoms with Crippen LogP contribution < -0.4 is 11.1 Å². The Balaban J connectivity index is 1.64. The summed E-state index contributed by atoms with van der Waals surface area (Å²) in [5.74, 6) is -0.427. The molecule has 1 aromatic heterocycles. The molecule has 5 nitrogen and oxygen atoms in total. The third-order valence-electron chi connectivity index (χ3n) is 4.87. The molecule has 0 atom stereocenters. The van der Waals surface area contributed by atoms with Crippen LogP contribution >= 0.6 is 0 Å². The fourth-order valence-corrected chi connectivity index (χ4v) is 3.19. The molecule has 0 radical (unpaired) electrons. The second-order valence-electron chi connectivity index (χ2n) is 7.06. The molecule has 3 aromatic carbocycles. The Labute approximate surface area is 175 Å². The van der Waals surface area contributed by atoms with Crippen LogP contribution in [-0.4, -0.2) is 15.9 Å². The predicted octanol–water partition coefficient (Wildman–Crippen LogP) is 5.46. The van der Waals surface area contributed by atoms with E-state index < -0.39 is 17.6 Å². The summed E-state index contributed by atoms with van der Waals surface area (Å²) in [4.78, 5) is 20.8. The number of nitrogens with zero attached hydrogens (tertiary/aromatic N) is 2. The lowest BCUT2D eigenvalue weighted by Crippen LogP contribution is -2.14. The van der Waals surface area contributed by atoms with Crippen LogP contribution in [0.3, 0.4) is 0 Å². The molecule has 0 aliphatic rings.